The molecular formula is C19H19Br2NO6. The summed E-state index contributed by atoms with van der Waals surface area (Å²) < 4.78 is 12.2. The minimum Gasteiger partial charge on any atom is -0.490 e. The number of carboxylic acid groups (broad SMARTS) is 1. The van der Waals surface area contributed by atoms with Crippen LogP contribution in [0.25, 0.3) is 0 Å². The molecule has 0 bridgehead atoms. The van der Waals surface area contributed by atoms with Gasteiger partial charge in [-0.3, -0.25) is 14.9 Å². The largest absolute Gasteiger partial charge is 0.490 e. The van der Waals surface area contributed by atoms with Gasteiger partial charge in [-0.15, -0.1) is 0 Å². The van der Waals surface area contributed by atoms with Gasteiger partial charge in [0.25, 0.3) is 0 Å². The second kappa shape index (κ2) is 8.91. The number of hydrogen-bond acceptors (Lipinski definition) is 5. The van der Waals surface area contributed by atoms with E-state index in [-0.39, 0.29) is 23.1 Å². The van der Waals surface area contributed by atoms with Gasteiger partial charge in [0.2, 0.25) is 5.75 Å². The number of benzene rings is 2. The standard InChI is InChI=1S/C19H19Br2NO6/c1-9(2)13-7-12(8-16(22(25)26)17(13)27-4)28-18-14(20)5-11(6-15(18)21)10(3)19(23)24/h5-10H,1-4H3,(H,23,24). The van der Waals surface area contributed by atoms with Crippen LogP contribution in [0.2, 0.25) is 0 Å². The van der Waals surface area contributed by atoms with E-state index >= 15 is 0 Å². The van der Waals surface area contributed by atoms with Crippen molar-refractivity contribution in [2.45, 2.75) is 32.6 Å². The highest BCUT2D eigenvalue weighted by Crippen LogP contribution is 2.43. The molecule has 0 saturated carbocycles. The number of rotatable bonds is 7. The van der Waals surface area contributed by atoms with Gasteiger partial charge < -0.3 is 14.6 Å². The van der Waals surface area contributed by atoms with E-state index in [1.165, 1.54) is 13.2 Å². The zero-order chi connectivity index (χ0) is 21.2. The zero-order valence-electron chi connectivity index (χ0n) is 15.7. The molecule has 1 atom stereocenters. The number of halogens is 2. The first-order valence-corrected chi connectivity index (χ1v) is 9.91. The molecule has 7 nitrogen and oxygen atoms in total. The Labute approximate surface area is 179 Å². The fraction of sp³-hybridized carbons (Fsp3) is 0.316. The molecule has 0 spiro atoms. The summed E-state index contributed by atoms with van der Waals surface area (Å²) in [6.45, 7) is 5.39. The predicted molar refractivity (Wildman–Crippen MR) is 112 cm³/mol. The smallest absolute Gasteiger partial charge is 0.314 e. The lowest BCUT2D eigenvalue weighted by Gasteiger charge is -2.17. The number of carboxylic acids is 1. The molecule has 2 aromatic rings. The van der Waals surface area contributed by atoms with Crippen molar-refractivity contribution >= 4 is 43.5 Å². The van der Waals surface area contributed by atoms with E-state index in [1.807, 2.05) is 13.8 Å². The number of ether oxygens (including phenoxy) is 2. The van der Waals surface area contributed by atoms with Crippen LogP contribution >= 0.6 is 31.9 Å². The molecule has 2 aromatic carbocycles. The third-order valence-electron chi connectivity index (χ3n) is 4.21. The van der Waals surface area contributed by atoms with Crippen molar-refractivity contribution in [1.29, 1.82) is 0 Å². The Bertz CT molecular complexity index is 906. The maximum absolute atomic E-state index is 11.5. The van der Waals surface area contributed by atoms with Gasteiger partial charge in [0.05, 0.1) is 33.0 Å². The van der Waals surface area contributed by atoms with Crippen molar-refractivity contribution < 1.29 is 24.3 Å². The monoisotopic (exact) mass is 515 g/mol. The van der Waals surface area contributed by atoms with Crippen LogP contribution in [0.3, 0.4) is 0 Å². The fourth-order valence-corrected chi connectivity index (χ4v) is 4.03. The molecule has 0 aliphatic carbocycles. The summed E-state index contributed by atoms with van der Waals surface area (Å²) >= 11 is 6.78. The lowest BCUT2D eigenvalue weighted by Crippen LogP contribution is -2.07. The SMILES string of the molecule is COc1c(C(C)C)cc(Oc2c(Br)cc(C(C)C(=O)O)cc2Br)cc1[N+](=O)[O-]. The van der Waals surface area contributed by atoms with E-state index < -0.39 is 16.8 Å². The third kappa shape index (κ3) is 4.64. The van der Waals surface area contributed by atoms with Crippen LogP contribution in [0.5, 0.6) is 17.2 Å². The van der Waals surface area contributed by atoms with Crippen LogP contribution in [0.15, 0.2) is 33.2 Å². The van der Waals surface area contributed by atoms with Gasteiger partial charge in [-0.1, -0.05) is 13.8 Å². The highest BCUT2D eigenvalue weighted by molar-refractivity contribution is 9.11. The van der Waals surface area contributed by atoms with Crippen LogP contribution in [0.1, 0.15) is 43.7 Å². The summed E-state index contributed by atoms with van der Waals surface area (Å²) in [6.07, 6.45) is 0. The molecule has 0 radical (unpaired) electrons. The molecule has 28 heavy (non-hydrogen) atoms. The molecule has 0 heterocycles. The molecular weight excluding hydrogens is 498 g/mol. The number of hydrogen-bond donors (Lipinski definition) is 1. The first-order chi connectivity index (χ1) is 13.1. The Morgan fingerprint density at radius 1 is 1.11 bits per heavy atom. The Morgan fingerprint density at radius 3 is 2.11 bits per heavy atom. The van der Waals surface area contributed by atoms with Crippen molar-refractivity contribution in [3.05, 3.63) is 54.5 Å². The zero-order valence-corrected chi connectivity index (χ0v) is 18.8. The van der Waals surface area contributed by atoms with Crippen LogP contribution in [-0.4, -0.2) is 23.1 Å². The number of nitro benzene ring substituents is 1. The second-order valence-corrected chi connectivity index (χ2v) is 8.16. The molecule has 9 heteroatoms. The molecule has 0 aliphatic rings. The molecule has 0 saturated heterocycles. The number of aliphatic carboxylic acids is 1. The molecule has 1 unspecified atom stereocenters. The minimum absolute atomic E-state index is 0.0251. The van der Waals surface area contributed by atoms with Crippen molar-refractivity contribution in [2.24, 2.45) is 0 Å². The fourth-order valence-electron chi connectivity index (χ4n) is 2.64. The number of nitrogens with zero attached hydrogens (tertiary/aromatic N) is 1. The van der Waals surface area contributed by atoms with Crippen molar-refractivity contribution in [2.75, 3.05) is 7.11 Å². The molecule has 0 amide bonds. The van der Waals surface area contributed by atoms with E-state index in [9.17, 15) is 20.0 Å². The normalized spacial score (nSPS) is 12.0. The maximum atomic E-state index is 11.5. The summed E-state index contributed by atoms with van der Waals surface area (Å²) in [4.78, 5) is 22.2. The highest BCUT2D eigenvalue weighted by Gasteiger charge is 2.24. The quantitative estimate of drug-likeness (QED) is 0.345. The molecule has 1 N–H and O–H groups in total. The molecule has 0 aromatic heterocycles. The Balaban J connectivity index is 2.54. The Morgan fingerprint density at radius 2 is 1.68 bits per heavy atom. The van der Waals surface area contributed by atoms with Crippen molar-refractivity contribution in [3.8, 4) is 17.2 Å². The minimum atomic E-state index is -0.945. The van der Waals surface area contributed by atoms with E-state index in [1.54, 1.807) is 25.1 Å². The maximum Gasteiger partial charge on any atom is 0.314 e. The average Bonchev–Trinajstić information content (AvgIpc) is 2.62. The van der Waals surface area contributed by atoms with E-state index in [2.05, 4.69) is 31.9 Å². The predicted octanol–water partition coefficient (Wildman–Crippen LogP) is 6.23. The summed E-state index contributed by atoms with van der Waals surface area (Å²) in [6, 6.07) is 6.31. The molecule has 2 rings (SSSR count). The van der Waals surface area contributed by atoms with Gasteiger partial charge in [0.15, 0.2) is 5.75 Å². The number of methoxy groups -OCH3 is 1. The van der Waals surface area contributed by atoms with Gasteiger partial charge >= 0.3 is 11.7 Å². The summed E-state index contributed by atoms with van der Waals surface area (Å²) in [7, 11) is 1.39. The van der Waals surface area contributed by atoms with Crippen molar-refractivity contribution in [1.82, 2.24) is 0 Å². The molecule has 0 fully saturated rings. The average molecular weight is 517 g/mol. The van der Waals surface area contributed by atoms with Gasteiger partial charge in [-0.2, -0.15) is 0 Å². The van der Waals surface area contributed by atoms with Gasteiger partial charge in [0.1, 0.15) is 5.75 Å². The number of carbonyl (C=O) groups is 1. The summed E-state index contributed by atoms with van der Waals surface area (Å²) in [5.74, 6) is -0.804. The highest BCUT2D eigenvalue weighted by atomic mass is 79.9. The van der Waals surface area contributed by atoms with Gasteiger partial charge in [-0.05, 0) is 68.5 Å². The number of nitro groups is 1. The van der Waals surface area contributed by atoms with E-state index in [4.69, 9.17) is 9.47 Å². The van der Waals surface area contributed by atoms with Crippen LogP contribution in [0, 0.1) is 10.1 Å². The summed E-state index contributed by atoms with van der Waals surface area (Å²) in [5, 5.41) is 20.7. The molecule has 150 valence electrons. The van der Waals surface area contributed by atoms with E-state index in [0.29, 0.717) is 25.8 Å². The Kier molecular flexibility index (Phi) is 7.06. The second-order valence-electron chi connectivity index (χ2n) is 6.45. The third-order valence-corrected chi connectivity index (χ3v) is 5.38. The van der Waals surface area contributed by atoms with Gasteiger partial charge in [0, 0.05) is 5.56 Å². The lowest BCUT2D eigenvalue weighted by molar-refractivity contribution is -0.385. The van der Waals surface area contributed by atoms with E-state index in [0.717, 1.165) is 0 Å². The molecule has 0 aliphatic heterocycles. The topological polar surface area (TPSA) is 98.9 Å². The van der Waals surface area contributed by atoms with Gasteiger partial charge in [-0.25, -0.2) is 0 Å². The first-order valence-electron chi connectivity index (χ1n) is 8.32. The summed E-state index contributed by atoms with van der Waals surface area (Å²) in [5.41, 5.74) is 1.05. The van der Waals surface area contributed by atoms with Crippen molar-refractivity contribution in [3.63, 3.8) is 0 Å². The van der Waals surface area contributed by atoms with Crippen LogP contribution < -0.4 is 9.47 Å². The Hall–Kier alpha value is -2.13. The first kappa shape index (κ1) is 22.2. The lowest BCUT2D eigenvalue weighted by atomic mass is 10.0. The van der Waals surface area contributed by atoms with Crippen LogP contribution in [0.4, 0.5) is 5.69 Å². The van der Waals surface area contributed by atoms with Crippen LogP contribution in [-0.2, 0) is 4.79 Å².